The van der Waals surface area contributed by atoms with Gasteiger partial charge in [0.15, 0.2) is 0 Å². The summed E-state index contributed by atoms with van der Waals surface area (Å²) in [6.45, 7) is 1.83. The molecule has 6 nitrogen and oxygen atoms in total. The number of amides is 1. The number of aliphatic hydroxyl groups is 1. The van der Waals surface area contributed by atoms with E-state index in [1.54, 1.807) is 0 Å². The molecule has 1 atom stereocenters. The molecule has 18 heavy (non-hydrogen) atoms. The van der Waals surface area contributed by atoms with E-state index in [1.807, 2.05) is 0 Å². The Labute approximate surface area is 107 Å². The van der Waals surface area contributed by atoms with Gasteiger partial charge in [-0.15, -0.1) is 0 Å². The molecule has 0 aromatic carbocycles. The Morgan fingerprint density at radius 3 is 2.44 bits per heavy atom. The Bertz CT molecular complexity index is 319. The molecule has 1 amide bonds. The monoisotopic (exact) mass is 258 g/mol. The third kappa shape index (κ3) is 4.27. The first-order chi connectivity index (χ1) is 8.29. The molecule has 0 aromatic rings. The second kappa shape index (κ2) is 5.67. The van der Waals surface area contributed by atoms with Crippen LogP contribution in [0.3, 0.4) is 0 Å². The molecule has 104 valence electrons. The molecule has 0 spiro atoms. The number of carbonyl (C=O) groups excluding carboxylic acids is 1. The number of rotatable bonds is 7. The van der Waals surface area contributed by atoms with Crippen LogP contribution in [0.25, 0.3) is 0 Å². The summed E-state index contributed by atoms with van der Waals surface area (Å²) in [5, 5.41) is 20.9. The Kier molecular flexibility index (Phi) is 4.70. The van der Waals surface area contributed by atoms with Crippen LogP contribution in [0, 0.1) is 5.41 Å². The van der Waals surface area contributed by atoms with Gasteiger partial charge in [0.25, 0.3) is 0 Å². The molecular weight excluding hydrogens is 236 g/mol. The summed E-state index contributed by atoms with van der Waals surface area (Å²) in [5.74, 6) is -1.27. The molecule has 0 aromatic heterocycles. The van der Waals surface area contributed by atoms with E-state index in [4.69, 9.17) is 10.8 Å². The van der Waals surface area contributed by atoms with Crippen molar-refractivity contribution in [2.24, 2.45) is 11.1 Å². The van der Waals surface area contributed by atoms with E-state index in [9.17, 15) is 14.7 Å². The third-order valence-electron chi connectivity index (χ3n) is 3.58. The highest BCUT2D eigenvalue weighted by Crippen LogP contribution is 2.42. The van der Waals surface area contributed by atoms with Crippen molar-refractivity contribution in [3.05, 3.63) is 0 Å². The lowest BCUT2D eigenvalue weighted by atomic mass is 9.66. The average Bonchev–Trinajstić information content (AvgIpc) is 2.19. The number of carboxylic acid groups (broad SMARTS) is 1. The largest absolute Gasteiger partial charge is 0.481 e. The van der Waals surface area contributed by atoms with Crippen LogP contribution < -0.4 is 11.1 Å². The van der Waals surface area contributed by atoms with Gasteiger partial charge in [-0.05, 0) is 31.7 Å². The van der Waals surface area contributed by atoms with E-state index in [0.717, 1.165) is 19.3 Å². The summed E-state index contributed by atoms with van der Waals surface area (Å²) in [6.07, 6.45) is 2.98. The molecule has 1 aliphatic carbocycles. The van der Waals surface area contributed by atoms with E-state index >= 15 is 0 Å². The molecule has 1 aliphatic rings. The van der Waals surface area contributed by atoms with Crippen molar-refractivity contribution in [3.8, 4) is 0 Å². The minimum absolute atomic E-state index is 0.0568. The van der Waals surface area contributed by atoms with E-state index in [2.05, 4.69) is 5.32 Å². The number of nitrogens with one attached hydrogen (secondary N) is 1. The third-order valence-corrected chi connectivity index (χ3v) is 3.58. The Morgan fingerprint density at radius 2 is 2.06 bits per heavy atom. The topological polar surface area (TPSA) is 113 Å². The fourth-order valence-electron chi connectivity index (χ4n) is 2.21. The molecule has 5 N–H and O–H groups in total. The zero-order valence-corrected chi connectivity index (χ0v) is 10.7. The van der Waals surface area contributed by atoms with Crippen molar-refractivity contribution in [1.29, 1.82) is 0 Å². The Morgan fingerprint density at radius 1 is 1.44 bits per heavy atom. The van der Waals surface area contributed by atoms with Crippen LogP contribution in [0.4, 0.5) is 0 Å². The quantitative estimate of drug-likeness (QED) is 0.507. The van der Waals surface area contributed by atoms with Gasteiger partial charge in [0.2, 0.25) is 5.91 Å². The molecule has 0 saturated heterocycles. The first kappa shape index (κ1) is 14.9. The maximum atomic E-state index is 11.7. The van der Waals surface area contributed by atoms with E-state index in [-0.39, 0.29) is 17.9 Å². The number of aliphatic carboxylic acids is 1. The molecule has 1 saturated carbocycles. The molecule has 6 heteroatoms. The summed E-state index contributed by atoms with van der Waals surface area (Å²) < 4.78 is 0. The number of hydrogen-bond donors (Lipinski definition) is 4. The fourth-order valence-corrected chi connectivity index (χ4v) is 2.21. The first-order valence-electron chi connectivity index (χ1n) is 6.20. The molecular formula is C12H22N2O4. The summed E-state index contributed by atoms with van der Waals surface area (Å²) in [7, 11) is 0. The maximum absolute atomic E-state index is 11.7. The normalized spacial score (nSPS) is 20.6. The first-order valence-corrected chi connectivity index (χ1v) is 6.20. The van der Waals surface area contributed by atoms with Crippen molar-refractivity contribution in [2.45, 2.75) is 44.6 Å². The smallest absolute Gasteiger partial charge is 0.306 e. The van der Waals surface area contributed by atoms with Crippen LogP contribution in [0.5, 0.6) is 0 Å². The van der Waals surface area contributed by atoms with Crippen LogP contribution in [-0.2, 0) is 9.59 Å². The molecule has 1 unspecified atom stereocenters. The van der Waals surface area contributed by atoms with E-state index in [0.29, 0.717) is 13.0 Å². The molecule has 0 bridgehead atoms. The zero-order chi connectivity index (χ0) is 13.8. The van der Waals surface area contributed by atoms with Crippen LogP contribution in [-0.4, -0.2) is 40.8 Å². The lowest BCUT2D eigenvalue weighted by Gasteiger charge is -2.40. The van der Waals surface area contributed by atoms with Crippen molar-refractivity contribution in [3.63, 3.8) is 0 Å². The number of carboxylic acids is 1. The van der Waals surface area contributed by atoms with Crippen molar-refractivity contribution in [1.82, 2.24) is 5.32 Å². The summed E-state index contributed by atoms with van der Waals surface area (Å²) in [4.78, 5) is 22.2. The van der Waals surface area contributed by atoms with Gasteiger partial charge in [0.1, 0.15) is 0 Å². The van der Waals surface area contributed by atoms with Gasteiger partial charge in [0, 0.05) is 13.0 Å². The van der Waals surface area contributed by atoms with Gasteiger partial charge in [0.05, 0.1) is 12.0 Å². The van der Waals surface area contributed by atoms with Crippen LogP contribution in [0.1, 0.15) is 39.0 Å². The van der Waals surface area contributed by atoms with Gasteiger partial charge in [-0.2, -0.15) is 0 Å². The van der Waals surface area contributed by atoms with E-state index in [1.165, 1.54) is 6.92 Å². The molecule has 1 rings (SSSR count). The highest BCUT2D eigenvalue weighted by atomic mass is 16.4. The van der Waals surface area contributed by atoms with Gasteiger partial charge in [-0.25, -0.2) is 0 Å². The predicted octanol–water partition coefficient (Wildman–Crippen LogP) is -0.153. The number of carbonyl (C=O) groups is 2. The lowest BCUT2D eigenvalue weighted by Crippen LogP contribution is -2.46. The van der Waals surface area contributed by atoms with Crippen molar-refractivity contribution >= 4 is 11.9 Å². The second-order valence-electron chi connectivity index (χ2n) is 5.58. The minimum atomic E-state index is -1.42. The summed E-state index contributed by atoms with van der Waals surface area (Å²) in [6, 6.07) is 0. The highest BCUT2D eigenvalue weighted by molar-refractivity contribution is 5.77. The van der Waals surface area contributed by atoms with E-state index < -0.39 is 18.0 Å². The van der Waals surface area contributed by atoms with Crippen LogP contribution in [0.15, 0.2) is 0 Å². The predicted molar refractivity (Wildman–Crippen MR) is 65.8 cm³/mol. The second-order valence-corrected chi connectivity index (χ2v) is 5.58. The van der Waals surface area contributed by atoms with Gasteiger partial charge in [-0.3, -0.25) is 9.59 Å². The molecule has 1 fully saturated rings. The molecule has 0 heterocycles. The Hall–Kier alpha value is -1.14. The highest BCUT2D eigenvalue weighted by Gasteiger charge is 2.37. The van der Waals surface area contributed by atoms with Gasteiger partial charge in [-0.1, -0.05) is 6.42 Å². The summed E-state index contributed by atoms with van der Waals surface area (Å²) in [5.41, 5.74) is 4.16. The molecule has 0 aliphatic heterocycles. The van der Waals surface area contributed by atoms with Crippen molar-refractivity contribution < 1.29 is 19.8 Å². The molecule has 0 radical (unpaired) electrons. The van der Waals surface area contributed by atoms with Crippen molar-refractivity contribution in [2.75, 3.05) is 13.1 Å². The zero-order valence-electron chi connectivity index (χ0n) is 10.7. The standard InChI is InChI=1S/C12H22N2O4/c1-11(18,6-10(16)17)8-14-9(15)5-12(7-13)3-2-4-12/h18H,2-8,13H2,1H3,(H,14,15)(H,16,17). The fraction of sp³-hybridized carbons (Fsp3) is 0.833. The average molecular weight is 258 g/mol. The Balaban J connectivity index is 2.34. The number of nitrogens with two attached hydrogens (primary N) is 1. The van der Waals surface area contributed by atoms with Crippen LogP contribution >= 0.6 is 0 Å². The SMILES string of the molecule is CC(O)(CNC(=O)CC1(CN)CCC1)CC(=O)O. The van der Waals surface area contributed by atoms with Gasteiger partial charge < -0.3 is 21.3 Å². The number of hydrogen-bond acceptors (Lipinski definition) is 4. The summed E-state index contributed by atoms with van der Waals surface area (Å²) >= 11 is 0. The lowest BCUT2D eigenvalue weighted by molar-refractivity contribution is -0.142. The van der Waals surface area contributed by atoms with Crippen LogP contribution in [0.2, 0.25) is 0 Å². The minimum Gasteiger partial charge on any atom is -0.481 e. The maximum Gasteiger partial charge on any atom is 0.306 e. The van der Waals surface area contributed by atoms with Gasteiger partial charge >= 0.3 is 5.97 Å².